The van der Waals surface area contributed by atoms with E-state index < -0.39 is 0 Å². The molecule has 0 saturated carbocycles. The second kappa shape index (κ2) is 8.26. The van der Waals surface area contributed by atoms with Crippen LogP contribution in [0, 0.1) is 0 Å². The van der Waals surface area contributed by atoms with Crippen LogP contribution >= 0.6 is 75.3 Å². The number of halogens is 5. The topological polar surface area (TPSA) is 62.3 Å². The molecule has 148 valence electrons. The molecule has 0 bridgehead atoms. The minimum Gasteiger partial charge on any atom is -0.383 e. The van der Waals surface area contributed by atoms with Crippen molar-refractivity contribution < 1.29 is 9.59 Å². The molecule has 0 unspecified atom stereocenters. The molecule has 4 rings (SSSR count). The first kappa shape index (κ1) is 21.2. The smallest absolute Gasteiger partial charge is 0.262 e. The summed E-state index contributed by atoms with van der Waals surface area (Å²) in [5, 5.41) is 4.81. The number of rotatable bonds is 4. The maximum atomic E-state index is 12.9. The van der Waals surface area contributed by atoms with Gasteiger partial charge in [-0.15, -0.1) is 0 Å². The summed E-state index contributed by atoms with van der Waals surface area (Å²) >= 11 is 19.7. The lowest BCUT2D eigenvalue weighted by Gasteiger charge is -2.15. The molecule has 0 atom stereocenters. The van der Waals surface area contributed by atoms with Crippen LogP contribution < -0.4 is 5.32 Å². The number of aromatic nitrogens is 1. The summed E-state index contributed by atoms with van der Waals surface area (Å²) in [6.45, 7) is 0.614. The predicted molar refractivity (Wildman–Crippen MR) is 128 cm³/mol. The molecule has 0 fully saturated rings. The Kier molecular flexibility index (Phi) is 6.05. The second-order valence-electron chi connectivity index (χ2n) is 6.21. The molecule has 3 aromatic rings. The van der Waals surface area contributed by atoms with E-state index in [1.165, 1.54) is 4.90 Å². The fraction of sp³-hybridized carbons (Fsp3) is 0.105. The lowest BCUT2D eigenvalue weighted by molar-refractivity contribution is 0.0660. The zero-order valence-corrected chi connectivity index (χ0v) is 21.5. The molecule has 1 N–H and O–H groups in total. The van der Waals surface area contributed by atoms with Gasteiger partial charge in [0.2, 0.25) is 0 Å². The van der Waals surface area contributed by atoms with Gasteiger partial charge in [-0.1, -0.05) is 11.6 Å². The van der Waals surface area contributed by atoms with Crippen LogP contribution in [0.2, 0.25) is 5.02 Å². The van der Waals surface area contributed by atoms with Crippen LogP contribution in [0.5, 0.6) is 0 Å². The molecule has 10 heteroatoms. The van der Waals surface area contributed by atoms with E-state index in [4.69, 9.17) is 11.6 Å². The van der Waals surface area contributed by atoms with Crippen LogP contribution in [-0.2, 0) is 0 Å². The zero-order valence-electron chi connectivity index (χ0n) is 14.4. The quantitative estimate of drug-likeness (QED) is 0.193. The Labute approximate surface area is 204 Å². The number of benzene rings is 2. The number of nitrogens with zero attached hydrogens (tertiary/aromatic N) is 2. The minimum absolute atomic E-state index is 0.220. The maximum absolute atomic E-state index is 12.9. The van der Waals surface area contributed by atoms with Gasteiger partial charge in [0.15, 0.2) is 0 Å². The summed E-state index contributed by atoms with van der Waals surface area (Å²) in [6.07, 6.45) is 1.69. The monoisotopic (exact) mass is 663 g/mol. The van der Waals surface area contributed by atoms with Crippen LogP contribution in [0.3, 0.4) is 0 Å². The van der Waals surface area contributed by atoms with Gasteiger partial charge in [-0.05, 0) is 88.0 Å². The first-order valence-corrected chi connectivity index (χ1v) is 11.9. The normalized spacial score (nSPS) is 13.3. The highest BCUT2D eigenvalue weighted by Gasteiger charge is 2.40. The van der Waals surface area contributed by atoms with Crippen LogP contribution in [0.1, 0.15) is 20.7 Å². The zero-order chi connectivity index (χ0) is 20.9. The van der Waals surface area contributed by atoms with Gasteiger partial charge in [-0.3, -0.25) is 19.5 Å². The molecule has 1 aromatic heterocycles. The maximum Gasteiger partial charge on any atom is 0.262 e. The van der Waals surface area contributed by atoms with Gasteiger partial charge < -0.3 is 5.32 Å². The van der Waals surface area contributed by atoms with E-state index >= 15 is 0 Å². The lowest BCUT2D eigenvalue weighted by Crippen LogP contribution is -2.34. The number of hydrogen-bond donors (Lipinski definition) is 1. The van der Waals surface area contributed by atoms with E-state index in [2.05, 4.69) is 74.0 Å². The highest BCUT2D eigenvalue weighted by molar-refractivity contribution is 9.15. The third kappa shape index (κ3) is 3.65. The molecule has 2 amide bonds. The van der Waals surface area contributed by atoms with Crippen molar-refractivity contribution in [3.8, 4) is 0 Å². The van der Waals surface area contributed by atoms with Crippen molar-refractivity contribution in [2.45, 2.75) is 0 Å². The fourth-order valence-electron chi connectivity index (χ4n) is 3.18. The number of pyridine rings is 1. The minimum atomic E-state index is -0.334. The summed E-state index contributed by atoms with van der Waals surface area (Å²) in [7, 11) is 0. The Hall–Kier alpha value is -1.00. The number of hydrogen-bond acceptors (Lipinski definition) is 4. The SMILES string of the molecule is O=C1c2c(Br)c(Br)c(Br)c(Br)c2C(=O)N1CCNc1ccnc2cc(Cl)ccc12. The van der Waals surface area contributed by atoms with Gasteiger partial charge in [0.25, 0.3) is 11.8 Å². The van der Waals surface area contributed by atoms with Crippen molar-refractivity contribution >= 4 is 104 Å². The Bertz CT molecular complexity index is 1160. The van der Waals surface area contributed by atoms with Crippen molar-refractivity contribution in [1.29, 1.82) is 0 Å². The molecule has 0 radical (unpaired) electrons. The first-order chi connectivity index (χ1) is 13.8. The average molecular weight is 667 g/mol. The van der Waals surface area contributed by atoms with Gasteiger partial charge >= 0.3 is 0 Å². The standard InChI is InChI=1S/C19H10Br4ClN3O2/c20-14-12-13(15(21)17(23)16(14)22)19(29)27(18(12)28)6-5-26-10-3-4-25-11-7-8(24)1-2-9(10)11/h1-4,7H,5-6H2,(H,25,26). The van der Waals surface area contributed by atoms with Gasteiger partial charge in [0.05, 0.1) is 16.6 Å². The summed E-state index contributed by atoms with van der Waals surface area (Å²) in [4.78, 5) is 31.4. The summed E-state index contributed by atoms with van der Waals surface area (Å²) < 4.78 is 2.44. The van der Waals surface area contributed by atoms with Crippen LogP contribution in [0.25, 0.3) is 10.9 Å². The molecule has 0 saturated heterocycles. The Morgan fingerprint density at radius 1 is 0.931 bits per heavy atom. The first-order valence-electron chi connectivity index (χ1n) is 8.31. The molecule has 5 nitrogen and oxygen atoms in total. The largest absolute Gasteiger partial charge is 0.383 e. The van der Waals surface area contributed by atoms with Crippen LogP contribution in [0.4, 0.5) is 5.69 Å². The number of anilines is 1. The van der Waals surface area contributed by atoms with E-state index in [1.54, 1.807) is 18.3 Å². The van der Waals surface area contributed by atoms with Crippen LogP contribution in [0.15, 0.2) is 48.4 Å². The number of fused-ring (bicyclic) bond motifs is 2. The van der Waals surface area contributed by atoms with Gasteiger partial charge in [-0.2, -0.15) is 0 Å². The number of carbonyl (C=O) groups is 2. The second-order valence-corrected chi connectivity index (χ2v) is 9.82. The molecular formula is C19H10Br4ClN3O2. The van der Waals surface area contributed by atoms with Gasteiger partial charge in [-0.25, -0.2) is 0 Å². The number of imide groups is 1. The highest BCUT2D eigenvalue weighted by Crippen LogP contribution is 2.45. The molecule has 2 heterocycles. The third-order valence-corrected chi connectivity index (χ3v) is 9.54. The molecule has 0 aliphatic carbocycles. The van der Waals surface area contributed by atoms with Gasteiger partial charge in [0, 0.05) is 53.3 Å². The Morgan fingerprint density at radius 2 is 1.55 bits per heavy atom. The molecular weight excluding hydrogens is 657 g/mol. The number of amides is 2. The van der Waals surface area contributed by atoms with Crippen molar-refractivity contribution in [3.05, 3.63) is 64.5 Å². The molecule has 1 aliphatic heterocycles. The molecule has 1 aliphatic rings. The average Bonchev–Trinajstić information content (AvgIpc) is 2.95. The highest BCUT2D eigenvalue weighted by atomic mass is 79.9. The lowest BCUT2D eigenvalue weighted by atomic mass is 10.1. The van der Waals surface area contributed by atoms with E-state index in [-0.39, 0.29) is 18.4 Å². The predicted octanol–water partition coefficient (Wildman–Crippen LogP) is 6.65. The molecule has 2 aromatic carbocycles. The van der Waals surface area contributed by atoms with Crippen LogP contribution in [-0.4, -0.2) is 34.8 Å². The Balaban J connectivity index is 1.56. The number of nitrogens with one attached hydrogen (secondary N) is 1. The van der Waals surface area contributed by atoms with Crippen molar-refractivity contribution in [1.82, 2.24) is 9.88 Å². The van der Waals surface area contributed by atoms with Crippen molar-refractivity contribution in [3.63, 3.8) is 0 Å². The summed E-state index contributed by atoms with van der Waals surface area (Å²) in [6, 6.07) is 7.32. The third-order valence-electron chi connectivity index (χ3n) is 4.54. The summed E-state index contributed by atoms with van der Waals surface area (Å²) in [5.74, 6) is -0.669. The molecule has 29 heavy (non-hydrogen) atoms. The van der Waals surface area contributed by atoms with Crippen molar-refractivity contribution in [2.24, 2.45) is 0 Å². The fourth-order valence-corrected chi connectivity index (χ4v) is 5.80. The van der Waals surface area contributed by atoms with E-state index in [0.29, 0.717) is 40.6 Å². The van der Waals surface area contributed by atoms with Crippen molar-refractivity contribution in [2.75, 3.05) is 18.4 Å². The van der Waals surface area contributed by atoms with Gasteiger partial charge in [0.1, 0.15) is 0 Å². The van der Waals surface area contributed by atoms with E-state index in [0.717, 1.165) is 16.6 Å². The summed E-state index contributed by atoms with van der Waals surface area (Å²) in [5.41, 5.74) is 2.32. The van der Waals surface area contributed by atoms with E-state index in [9.17, 15) is 9.59 Å². The number of carbonyl (C=O) groups excluding carboxylic acids is 2. The van der Waals surface area contributed by atoms with E-state index in [1.807, 2.05) is 12.1 Å². The molecule has 0 spiro atoms. The Morgan fingerprint density at radius 3 is 2.17 bits per heavy atom.